The summed E-state index contributed by atoms with van der Waals surface area (Å²) in [5, 5.41) is 0. The molecule has 0 heterocycles. The third-order valence-electron chi connectivity index (χ3n) is 4.77. The summed E-state index contributed by atoms with van der Waals surface area (Å²) in [6, 6.07) is 21.5. The lowest BCUT2D eigenvalue weighted by Gasteiger charge is -2.18. The number of amides is 2. The molecular weight excluding hydrogens is 438 g/mol. The average molecular weight is 468 g/mol. The maximum absolute atomic E-state index is 12.0. The summed E-state index contributed by atoms with van der Waals surface area (Å²) in [7, 11) is -3.88. The number of rotatable bonds is 6. The van der Waals surface area contributed by atoms with E-state index in [9.17, 15) is 18.0 Å². The highest BCUT2D eigenvalue weighted by molar-refractivity contribution is 7.90. The molecule has 33 heavy (non-hydrogen) atoms. The van der Waals surface area contributed by atoms with E-state index in [2.05, 4.69) is 0 Å². The molecule has 7 nitrogen and oxygen atoms in total. The largest absolute Gasteiger partial charge is 0.399 e. The van der Waals surface area contributed by atoms with E-state index in [-0.39, 0.29) is 16.4 Å². The SMILES string of the molecule is CCN(CC)C(=O)c1cccc(C)c1.Nc1ccc(S(=O)(=O)NC(=O)c2ccccc2)cc1. The molecule has 0 aliphatic carbocycles. The summed E-state index contributed by atoms with van der Waals surface area (Å²) in [6.07, 6.45) is 0. The van der Waals surface area contributed by atoms with Gasteiger partial charge in [0.15, 0.2) is 0 Å². The molecule has 0 aliphatic rings. The maximum atomic E-state index is 12.0. The Morgan fingerprint density at radius 3 is 1.97 bits per heavy atom. The molecule has 0 spiro atoms. The summed E-state index contributed by atoms with van der Waals surface area (Å²) >= 11 is 0. The first-order valence-corrected chi connectivity index (χ1v) is 12.0. The Kier molecular flexibility index (Phi) is 9.18. The van der Waals surface area contributed by atoms with Gasteiger partial charge < -0.3 is 10.6 Å². The monoisotopic (exact) mass is 467 g/mol. The van der Waals surface area contributed by atoms with Crippen LogP contribution in [-0.4, -0.2) is 38.2 Å². The van der Waals surface area contributed by atoms with E-state index < -0.39 is 15.9 Å². The van der Waals surface area contributed by atoms with Crippen LogP contribution in [-0.2, 0) is 10.0 Å². The second-order valence-electron chi connectivity index (χ2n) is 7.22. The van der Waals surface area contributed by atoms with Gasteiger partial charge in [-0.1, -0.05) is 35.9 Å². The molecule has 3 N–H and O–H groups in total. The van der Waals surface area contributed by atoms with Crippen molar-refractivity contribution in [2.75, 3.05) is 18.8 Å². The van der Waals surface area contributed by atoms with Crippen LogP contribution in [0.3, 0.4) is 0 Å². The lowest BCUT2D eigenvalue weighted by molar-refractivity contribution is 0.0772. The first-order valence-electron chi connectivity index (χ1n) is 10.5. The summed E-state index contributed by atoms with van der Waals surface area (Å²) in [5.41, 5.74) is 8.13. The van der Waals surface area contributed by atoms with Crippen molar-refractivity contribution in [3.05, 3.63) is 95.6 Å². The molecule has 0 atom stereocenters. The average Bonchev–Trinajstić information content (AvgIpc) is 2.81. The molecule has 3 aromatic rings. The highest BCUT2D eigenvalue weighted by Crippen LogP contribution is 2.12. The van der Waals surface area contributed by atoms with Crippen molar-refractivity contribution in [3.8, 4) is 0 Å². The van der Waals surface area contributed by atoms with Crippen LogP contribution in [0, 0.1) is 6.92 Å². The van der Waals surface area contributed by atoms with Crippen molar-refractivity contribution in [1.82, 2.24) is 9.62 Å². The van der Waals surface area contributed by atoms with Gasteiger partial charge in [0.25, 0.3) is 21.8 Å². The fourth-order valence-electron chi connectivity index (χ4n) is 2.95. The standard InChI is InChI=1S/C13H12N2O3S.C12H17NO/c14-11-6-8-12(9-7-11)19(17,18)15-13(16)10-4-2-1-3-5-10;1-4-13(5-2)12(14)11-8-6-7-10(3)9-11/h1-9H,14H2,(H,15,16);6-9H,4-5H2,1-3H3. The van der Waals surface area contributed by atoms with Crippen molar-refractivity contribution in [3.63, 3.8) is 0 Å². The molecule has 0 fully saturated rings. The van der Waals surface area contributed by atoms with Gasteiger partial charge in [-0.05, 0) is 69.3 Å². The highest BCUT2D eigenvalue weighted by Gasteiger charge is 2.18. The minimum absolute atomic E-state index is 0.00835. The Morgan fingerprint density at radius 2 is 1.42 bits per heavy atom. The Labute approximate surface area is 195 Å². The Bertz CT molecular complexity index is 1170. The molecule has 3 aromatic carbocycles. The first kappa shape index (κ1) is 25.6. The second-order valence-corrected chi connectivity index (χ2v) is 8.90. The molecule has 0 aliphatic heterocycles. The summed E-state index contributed by atoms with van der Waals surface area (Å²) in [5.74, 6) is -0.545. The minimum Gasteiger partial charge on any atom is -0.399 e. The van der Waals surface area contributed by atoms with Gasteiger partial charge in [-0.2, -0.15) is 0 Å². The number of sulfonamides is 1. The summed E-state index contributed by atoms with van der Waals surface area (Å²) in [6.45, 7) is 7.53. The van der Waals surface area contributed by atoms with E-state index in [0.717, 1.165) is 24.2 Å². The Balaban J connectivity index is 0.000000245. The number of aryl methyl sites for hydroxylation is 1. The van der Waals surface area contributed by atoms with Crippen LogP contribution in [0.25, 0.3) is 0 Å². The Hall–Kier alpha value is -3.65. The van der Waals surface area contributed by atoms with Crippen molar-refractivity contribution in [1.29, 1.82) is 0 Å². The fraction of sp³-hybridized carbons (Fsp3) is 0.200. The number of hydrogen-bond donors (Lipinski definition) is 2. The van der Waals surface area contributed by atoms with Gasteiger partial charge in [0.2, 0.25) is 0 Å². The molecule has 0 saturated heterocycles. The van der Waals surface area contributed by atoms with Gasteiger partial charge in [0, 0.05) is 29.9 Å². The zero-order valence-corrected chi connectivity index (χ0v) is 19.8. The van der Waals surface area contributed by atoms with Crippen LogP contribution >= 0.6 is 0 Å². The van der Waals surface area contributed by atoms with Crippen molar-refractivity contribution in [2.45, 2.75) is 25.7 Å². The second kappa shape index (κ2) is 11.8. The van der Waals surface area contributed by atoms with Crippen LogP contribution in [0.15, 0.2) is 83.8 Å². The summed E-state index contributed by atoms with van der Waals surface area (Å²) < 4.78 is 25.9. The number of hydrogen-bond acceptors (Lipinski definition) is 5. The number of carbonyl (C=O) groups is 2. The molecule has 3 rings (SSSR count). The molecule has 174 valence electrons. The number of benzene rings is 3. The number of carbonyl (C=O) groups excluding carboxylic acids is 2. The van der Waals surface area contributed by atoms with E-state index >= 15 is 0 Å². The minimum atomic E-state index is -3.88. The van der Waals surface area contributed by atoms with Crippen molar-refractivity contribution >= 4 is 27.5 Å². The van der Waals surface area contributed by atoms with E-state index in [4.69, 9.17) is 5.73 Å². The predicted molar refractivity (Wildman–Crippen MR) is 130 cm³/mol. The third kappa shape index (κ3) is 7.47. The molecular formula is C25H29N3O4S. The number of nitrogens with zero attached hydrogens (tertiary/aromatic N) is 1. The highest BCUT2D eigenvalue weighted by atomic mass is 32.2. The lowest BCUT2D eigenvalue weighted by atomic mass is 10.1. The lowest BCUT2D eigenvalue weighted by Crippen LogP contribution is -2.30. The number of nitrogens with one attached hydrogen (secondary N) is 1. The van der Waals surface area contributed by atoms with E-state index in [0.29, 0.717) is 5.69 Å². The molecule has 0 radical (unpaired) electrons. The van der Waals surface area contributed by atoms with E-state index in [1.54, 1.807) is 18.2 Å². The van der Waals surface area contributed by atoms with Gasteiger partial charge >= 0.3 is 0 Å². The van der Waals surface area contributed by atoms with E-state index in [1.165, 1.54) is 36.4 Å². The zero-order valence-electron chi connectivity index (χ0n) is 19.0. The quantitative estimate of drug-likeness (QED) is 0.535. The van der Waals surface area contributed by atoms with Crippen LogP contribution in [0.4, 0.5) is 5.69 Å². The van der Waals surface area contributed by atoms with Crippen LogP contribution in [0.1, 0.15) is 40.1 Å². The third-order valence-corrected chi connectivity index (χ3v) is 6.12. The first-order chi connectivity index (χ1) is 15.7. The Morgan fingerprint density at radius 1 is 0.848 bits per heavy atom. The number of nitrogen functional groups attached to an aromatic ring is 1. The zero-order chi connectivity index (χ0) is 24.4. The van der Waals surface area contributed by atoms with Gasteiger partial charge in [-0.3, -0.25) is 9.59 Å². The van der Waals surface area contributed by atoms with Crippen LogP contribution in [0.2, 0.25) is 0 Å². The van der Waals surface area contributed by atoms with Gasteiger partial charge in [0.1, 0.15) is 0 Å². The number of anilines is 1. The molecule has 0 unspecified atom stereocenters. The summed E-state index contributed by atoms with van der Waals surface area (Å²) in [4.78, 5) is 25.5. The number of nitrogens with two attached hydrogens (primary N) is 1. The van der Waals surface area contributed by atoms with Gasteiger partial charge in [0.05, 0.1) is 4.90 Å². The fourth-order valence-corrected chi connectivity index (χ4v) is 3.92. The van der Waals surface area contributed by atoms with Gasteiger partial charge in [-0.25, -0.2) is 13.1 Å². The predicted octanol–water partition coefficient (Wildman–Crippen LogP) is 3.86. The molecule has 0 saturated carbocycles. The molecule has 0 aromatic heterocycles. The van der Waals surface area contributed by atoms with Crippen LogP contribution in [0.5, 0.6) is 0 Å². The van der Waals surface area contributed by atoms with Gasteiger partial charge in [-0.15, -0.1) is 0 Å². The molecule has 2 amide bonds. The maximum Gasteiger partial charge on any atom is 0.264 e. The van der Waals surface area contributed by atoms with Crippen molar-refractivity contribution in [2.24, 2.45) is 0 Å². The topological polar surface area (TPSA) is 110 Å². The molecule has 8 heteroatoms. The van der Waals surface area contributed by atoms with Crippen LogP contribution < -0.4 is 10.5 Å². The molecule has 0 bridgehead atoms. The van der Waals surface area contributed by atoms with E-state index in [1.807, 2.05) is 54.7 Å². The smallest absolute Gasteiger partial charge is 0.264 e. The van der Waals surface area contributed by atoms with Crippen molar-refractivity contribution < 1.29 is 18.0 Å². The normalized spacial score (nSPS) is 10.5.